The maximum absolute atomic E-state index is 12.5. The first-order chi connectivity index (χ1) is 15.1. The van der Waals surface area contributed by atoms with Crippen LogP contribution in [-0.4, -0.2) is 47.5 Å². The van der Waals surface area contributed by atoms with Crippen LogP contribution in [0, 0.1) is 6.92 Å². The lowest BCUT2D eigenvalue weighted by atomic mass is 10.1. The molecule has 1 saturated heterocycles. The van der Waals surface area contributed by atoms with Crippen LogP contribution in [0.2, 0.25) is 0 Å². The Balaban J connectivity index is 1.35. The van der Waals surface area contributed by atoms with E-state index < -0.39 is 0 Å². The van der Waals surface area contributed by atoms with Crippen molar-refractivity contribution < 1.29 is 9.53 Å². The van der Waals surface area contributed by atoms with Crippen LogP contribution in [0.15, 0.2) is 59.9 Å². The van der Waals surface area contributed by atoms with E-state index in [0.29, 0.717) is 5.75 Å². The third-order valence-electron chi connectivity index (χ3n) is 5.34. The minimum Gasteiger partial charge on any atom is -0.378 e. The van der Waals surface area contributed by atoms with Crippen molar-refractivity contribution in [3.63, 3.8) is 0 Å². The monoisotopic (exact) mass is 436 g/mol. The molecule has 0 radical (unpaired) electrons. The molecule has 3 aromatic rings. The van der Waals surface area contributed by atoms with Crippen LogP contribution >= 0.6 is 11.8 Å². The Kier molecular flexibility index (Phi) is 6.94. The lowest BCUT2D eigenvalue weighted by Gasteiger charge is -2.28. The summed E-state index contributed by atoms with van der Waals surface area (Å²) >= 11 is 1.46. The van der Waals surface area contributed by atoms with Gasteiger partial charge in [0.25, 0.3) is 0 Å². The standard InChI is InChI=1S/C24H28N4O2S/c1-3-28-22(19-6-4-18(2)5-7-19)16-25-24(28)31-17-23(29)26-20-8-10-21(11-9-20)27-12-14-30-15-13-27/h4-11,16H,3,12-15,17H2,1-2H3,(H,26,29). The van der Waals surface area contributed by atoms with Crippen molar-refractivity contribution in [1.29, 1.82) is 0 Å². The van der Waals surface area contributed by atoms with Gasteiger partial charge in [-0.2, -0.15) is 0 Å². The molecule has 0 saturated carbocycles. The van der Waals surface area contributed by atoms with Gasteiger partial charge in [0.1, 0.15) is 0 Å². The number of carbonyl (C=O) groups excluding carboxylic acids is 1. The number of thioether (sulfide) groups is 1. The van der Waals surface area contributed by atoms with Gasteiger partial charge in [0.2, 0.25) is 5.91 Å². The van der Waals surface area contributed by atoms with Gasteiger partial charge < -0.3 is 19.5 Å². The summed E-state index contributed by atoms with van der Waals surface area (Å²) < 4.78 is 7.55. The number of hydrogen-bond acceptors (Lipinski definition) is 5. The highest BCUT2D eigenvalue weighted by molar-refractivity contribution is 7.99. The molecule has 0 atom stereocenters. The summed E-state index contributed by atoms with van der Waals surface area (Å²) in [5.41, 5.74) is 5.40. The zero-order valence-corrected chi connectivity index (χ0v) is 18.8. The number of benzene rings is 2. The number of imidazole rings is 1. The molecule has 1 aliphatic heterocycles. The average molecular weight is 437 g/mol. The number of nitrogens with zero attached hydrogens (tertiary/aromatic N) is 3. The van der Waals surface area contributed by atoms with Gasteiger partial charge in [-0.05, 0) is 43.7 Å². The third-order valence-corrected chi connectivity index (χ3v) is 6.33. The molecule has 1 fully saturated rings. The van der Waals surface area contributed by atoms with E-state index in [0.717, 1.165) is 60.6 Å². The van der Waals surface area contributed by atoms with Crippen molar-refractivity contribution in [3.8, 4) is 11.3 Å². The molecule has 0 aliphatic carbocycles. The van der Waals surface area contributed by atoms with Gasteiger partial charge in [0, 0.05) is 31.0 Å². The molecular weight excluding hydrogens is 408 g/mol. The van der Waals surface area contributed by atoms with E-state index >= 15 is 0 Å². The summed E-state index contributed by atoms with van der Waals surface area (Å²) in [6, 6.07) is 16.4. The van der Waals surface area contributed by atoms with Gasteiger partial charge in [-0.3, -0.25) is 4.79 Å². The average Bonchev–Trinajstić information content (AvgIpc) is 3.22. The minimum absolute atomic E-state index is 0.0355. The zero-order chi connectivity index (χ0) is 21.6. The molecule has 6 nitrogen and oxygen atoms in total. The summed E-state index contributed by atoms with van der Waals surface area (Å²) in [6.07, 6.45) is 1.89. The molecule has 1 aliphatic rings. The Hall–Kier alpha value is -2.77. The Labute approximate surface area is 187 Å². The summed E-state index contributed by atoms with van der Waals surface area (Å²) in [6.45, 7) is 8.30. The maximum Gasteiger partial charge on any atom is 0.234 e. The molecule has 1 aromatic heterocycles. The summed E-state index contributed by atoms with van der Waals surface area (Å²) in [7, 11) is 0. The van der Waals surface area contributed by atoms with Gasteiger partial charge in [0.15, 0.2) is 5.16 Å². The molecule has 1 N–H and O–H groups in total. The van der Waals surface area contributed by atoms with Gasteiger partial charge in [-0.15, -0.1) is 0 Å². The molecule has 2 aromatic carbocycles. The lowest BCUT2D eigenvalue weighted by Crippen LogP contribution is -2.36. The van der Waals surface area contributed by atoms with Crippen LogP contribution in [0.1, 0.15) is 12.5 Å². The smallest absolute Gasteiger partial charge is 0.234 e. The normalized spacial score (nSPS) is 13.9. The van der Waals surface area contributed by atoms with E-state index in [-0.39, 0.29) is 5.91 Å². The largest absolute Gasteiger partial charge is 0.378 e. The number of nitrogens with one attached hydrogen (secondary N) is 1. The fourth-order valence-corrected chi connectivity index (χ4v) is 4.48. The van der Waals surface area contributed by atoms with Gasteiger partial charge >= 0.3 is 0 Å². The molecule has 2 heterocycles. The number of aryl methyl sites for hydroxylation is 1. The number of aromatic nitrogens is 2. The highest BCUT2D eigenvalue weighted by Gasteiger charge is 2.14. The van der Waals surface area contributed by atoms with E-state index in [1.807, 2.05) is 30.5 Å². The molecule has 0 unspecified atom stereocenters. The molecule has 0 spiro atoms. The topological polar surface area (TPSA) is 59.4 Å². The summed E-state index contributed by atoms with van der Waals surface area (Å²) in [4.78, 5) is 19.3. The van der Waals surface area contributed by atoms with Crippen molar-refractivity contribution in [2.45, 2.75) is 25.5 Å². The molecule has 7 heteroatoms. The van der Waals surface area contributed by atoms with E-state index in [2.05, 4.69) is 57.9 Å². The Bertz CT molecular complexity index is 1010. The molecule has 4 rings (SSSR count). The van der Waals surface area contributed by atoms with Crippen molar-refractivity contribution in [2.24, 2.45) is 0 Å². The maximum atomic E-state index is 12.5. The molecule has 162 valence electrons. The van der Waals surface area contributed by atoms with E-state index in [1.54, 1.807) is 0 Å². The van der Waals surface area contributed by atoms with Crippen LogP contribution in [0.25, 0.3) is 11.3 Å². The first kappa shape index (κ1) is 21.5. The minimum atomic E-state index is -0.0355. The number of ether oxygens (including phenoxy) is 1. The third kappa shape index (κ3) is 5.29. The fourth-order valence-electron chi connectivity index (χ4n) is 3.64. The Morgan fingerprint density at radius 1 is 1.10 bits per heavy atom. The Morgan fingerprint density at radius 3 is 2.48 bits per heavy atom. The number of carbonyl (C=O) groups is 1. The van der Waals surface area contributed by atoms with Gasteiger partial charge in [-0.1, -0.05) is 41.6 Å². The SMILES string of the molecule is CCn1c(-c2ccc(C)cc2)cnc1SCC(=O)Nc1ccc(N2CCOCC2)cc1. The zero-order valence-electron chi connectivity index (χ0n) is 18.0. The van der Waals surface area contributed by atoms with Crippen LogP contribution in [0.5, 0.6) is 0 Å². The van der Waals surface area contributed by atoms with Crippen LogP contribution in [-0.2, 0) is 16.1 Å². The van der Waals surface area contributed by atoms with Crippen molar-refractivity contribution >= 4 is 29.0 Å². The van der Waals surface area contributed by atoms with Gasteiger partial charge in [0.05, 0.1) is 30.9 Å². The number of rotatable bonds is 7. The van der Waals surface area contributed by atoms with Crippen molar-refractivity contribution in [1.82, 2.24) is 9.55 Å². The summed E-state index contributed by atoms with van der Waals surface area (Å²) in [5.74, 6) is 0.280. The molecular formula is C24H28N4O2S. The Morgan fingerprint density at radius 2 is 1.81 bits per heavy atom. The predicted molar refractivity (Wildman–Crippen MR) is 127 cm³/mol. The number of anilines is 2. The second-order valence-corrected chi connectivity index (χ2v) is 8.46. The quantitative estimate of drug-likeness (QED) is 0.555. The van der Waals surface area contributed by atoms with Crippen LogP contribution in [0.3, 0.4) is 0 Å². The predicted octanol–water partition coefficient (Wildman–Crippen LogP) is 4.45. The van der Waals surface area contributed by atoms with Crippen molar-refractivity contribution in [2.75, 3.05) is 42.3 Å². The number of morpholine rings is 1. The molecule has 31 heavy (non-hydrogen) atoms. The van der Waals surface area contributed by atoms with E-state index in [9.17, 15) is 4.79 Å². The second kappa shape index (κ2) is 10.0. The fraction of sp³-hybridized carbons (Fsp3) is 0.333. The van der Waals surface area contributed by atoms with E-state index in [1.165, 1.54) is 17.3 Å². The van der Waals surface area contributed by atoms with Crippen molar-refractivity contribution in [3.05, 3.63) is 60.3 Å². The van der Waals surface area contributed by atoms with E-state index in [4.69, 9.17) is 4.74 Å². The number of amides is 1. The highest BCUT2D eigenvalue weighted by atomic mass is 32.2. The second-order valence-electron chi connectivity index (χ2n) is 7.52. The van der Waals surface area contributed by atoms with Gasteiger partial charge in [-0.25, -0.2) is 4.98 Å². The summed E-state index contributed by atoms with van der Waals surface area (Å²) in [5, 5.41) is 3.84. The van der Waals surface area contributed by atoms with Crippen LogP contribution in [0.4, 0.5) is 11.4 Å². The molecule has 1 amide bonds. The first-order valence-corrected chi connectivity index (χ1v) is 11.6. The lowest BCUT2D eigenvalue weighted by molar-refractivity contribution is -0.113. The number of hydrogen-bond donors (Lipinski definition) is 1. The highest BCUT2D eigenvalue weighted by Crippen LogP contribution is 2.27. The van der Waals surface area contributed by atoms with Crippen LogP contribution < -0.4 is 10.2 Å². The first-order valence-electron chi connectivity index (χ1n) is 10.6. The molecule has 0 bridgehead atoms.